The minimum atomic E-state index is -0.949. The Morgan fingerprint density at radius 2 is 1.88 bits per heavy atom. The van der Waals surface area contributed by atoms with Crippen LogP contribution in [0, 0.1) is 0 Å². The van der Waals surface area contributed by atoms with E-state index in [-0.39, 0.29) is 30.9 Å². The predicted octanol–water partition coefficient (Wildman–Crippen LogP) is 2.49. The van der Waals surface area contributed by atoms with Crippen LogP contribution in [0.3, 0.4) is 0 Å². The van der Waals surface area contributed by atoms with Gasteiger partial charge in [0.1, 0.15) is 11.5 Å². The first-order valence-corrected chi connectivity index (χ1v) is 8.32. The molecule has 2 N–H and O–H groups in total. The quantitative estimate of drug-likeness (QED) is 0.640. The van der Waals surface area contributed by atoms with E-state index in [1.807, 2.05) is 19.9 Å². The molecule has 148 valence electrons. The van der Waals surface area contributed by atoms with Crippen LogP contribution in [0.2, 0.25) is 0 Å². The number of halogens is 1. The van der Waals surface area contributed by atoms with Gasteiger partial charge in [-0.25, -0.2) is 0 Å². The zero-order valence-corrected chi connectivity index (χ0v) is 16.8. The topological polar surface area (TPSA) is 88.1 Å². The maximum atomic E-state index is 12.6. The molecule has 2 atom stereocenters. The largest absolute Gasteiger partial charge is 0.497 e. The number of nitrogens with zero attached hydrogens (tertiary/aromatic N) is 1. The van der Waals surface area contributed by atoms with Crippen molar-refractivity contribution in [2.45, 2.75) is 39.3 Å². The molecule has 0 aliphatic heterocycles. The second-order valence-corrected chi connectivity index (χ2v) is 5.88. The Morgan fingerprint density at radius 1 is 1.23 bits per heavy atom. The Bertz CT molecular complexity index is 597. The minimum Gasteiger partial charge on any atom is -0.497 e. The SMILES string of the molecule is CCCN(CC(=O)O)C(C)C(=O)NC(C)c1cc(OC)ccc1OC.Cl. The highest BCUT2D eigenvalue weighted by molar-refractivity contribution is 5.85. The van der Waals surface area contributed by atoms with E-state index in [1.165, 1.54) is 0 Å². The lowest BCUT2D eigenvalue weighted by molar-refractivity contribution is -0.140. The number of carboxylic acid groups (broad SMARTS) is 1. The molecule has 0 heterocycles. The van der Waals surface area contributed by atoms with Crippen LogP contribution < -0.4 is 14.8 Å². The Labute approximate surface area is 161 Å². The van der Waals surface area contributed by atoms with Gasteiger partial charge in [0.2, 0.25) is 5.91 Å². The summed E-state index contributed by atoms with van der Waals surface area (Å²) in [6.45, 7) is 5.88. The third-order valence-electron chi connectivity index (χ3n) is 4.04. The Morgan fingerprint density at radius 3 is 2.38 bits per heavy atom. The van der Waals surface area contributed by atoms with Gasteiger partial charge in [-0.3, -0.25) is 14.5 Å². The fraction of sp³-hybridized carbons (Fsp3) is 0.556. The van der Waals surface area contributed by atoms with Gasteiger partial charge < -0.3 is 19.9 Å². The van der Waals surface area contributed by atoms with Crippen LogP contribution in [0.4, 0.5) is 0 Å². The zero-order valence-electron chi connectivity index (χ0n) is 15.9. The Hall–Kier alpha value is -1.99. The number of carbonyl (C=O) groups excluding carboxylic acids is 1. The first-order chi connectivity index (χ1) is 11.8. The number of aliphatic carboxylic acids is 1. The highest BCUT2D eigenvalue weighted by atomic mass is 35.5. The first-order valence-electron chi connectivity index (χ1n) is 8.32. The van der Waals surface area contributed by atoms with Crippen LogP contribution in [0.1, 0.15) is 38.8 Å². The summed E-state index contributed by atoms with van der Waals surface area (Å²) in [5.41, 5.74) is 0.794. The molecule has 0 aliphatic carbocycles. The van der Waals surface area contributed by atoms with Gasteiger partial charge in [0.15, 0.2) is 0 Å². The monoisotopic (exact) mass is 388 g/mol. The van der Waals surface area contributed by atoms with E-state index in [9.17, 15) is 9.59 Å². The molecule has 1 aromatic carbocycles. The van der Waals surface area contributed by atoms with E-state index in [2.05, 4.69) is 5.32 Å². The van der Waals surface area contributed by atoms with Crippen LogP contribution in [0.25, 0.3) is 0 Å². The zero-order chi connectivity index (χ0) is 19.0. The maximum Gasteiger partial charge on any atom is 0.317 e. The molecule has 7 nitrogen and oxygen atoms in total. The highest BCUT2D eigenvalue weighted by Gasteiger charge is 2.25. The third-order valence-corrected chi connectivity index (χ3v) is 4.04. The molecule has 0 aromatic heterocycles. The van der Waals surface area contributed by atoms with Crippen molar-refractivity contribution in [1.29, 1.82) is 0 Å². The average Bonchev–Trinajstić information content (AvgIpc) is 2.59. The van der Waals surface area contributed by atoms with Gasteiger partial charge in [-0.15, -0.1) is 12.4 Å². The van der Waals surface area contributed by atoms with Crippen molar-refractivity contribution in [3.05, 3.63) is 23.8 Å². The van der Waals surface area contributed by atoms with Crippen molar-refractivity contribution in [2.75, 3.05) is 27.3 Å². The van der Waals surface area contributed by atoms with Gasteiger partial charge in [0.05, 0.1) is 32.8 Å². The number of ether oxygens (including phenoxy) is 2. The smallest absolute Gasteiger partial charge is 0.317 e. The number of nitrogens with one attached hydrogen (secondary N) is 1. The van der Waals surface area contributed by atoms with Crippen molar-refractivity contribution < 1.29 is 24.2 Å². The van der Waals surface area contributed by atoms with Crippen LogP contribution in [-0.4, -0.2) is 55.2 Å². The number of benzene rings is 1. The van der Waals surface area contributed by atoms with E-state index in [1.54, 1.807) is 38.2 Å². The number of methoxy groups -OCH3 is 2. The van der Waals surface area contributed by atoms with Gasteiger partial charge >= 0.3 is 5.97 Å². The fourth-order valence-corrected chi connectivity index (χ4v) is 2.63. The first kappa shape index (κ1) is 24.0. The number of carboxylic acids is 1. The van der Waals surface area contributed by atoms with Gasteiger partial charge in [0, 0.05) is 5.56 Å². The predicted molar refractivity (Wildman–Crippen MR) is 102 cm³/mol. The molecular weight excluding hydrogens is 360 g/mol. The molecule has 0 saturated heterocycles. The van der Waals surface area contributed by atoms with E-state index < -0.39 is 12.0 Å². The molecule has 26 heavy (non-hydrogen) atoms. The Kier molecular flexibility index (Phi) is 10.7. The van der Waals surface area contributed by atoms with Crippen molar-refractivity contribution in [1.82, 2.24) is 10.2 Å². The van der Waals surface area contributed by atoms with Crippen molar-refractivity contribution in [3.8, 4) is 11.5 Å². The summed E-state index contributed by atoms with van der Waals surface area (Å²) in [5, 5.41) is 11.9. The van der Waals surface area contributed by atoms with Crippen molar-refractivity contribution >= 4 is 24.3 Å². The molecule has 0 bridgehead atoms. The van der Waals surface area contributed by atoms with Gasteiger partial charge in [0.25, 0.3) is 0 Å². The summed E-state index contributed by atoms with van der Waals surface area (Å²) in [6, 6.07) is 4.53. The number of amides is 1. The Balaban J connectivity index is 0.00000625. The van der Waals surface area contributed by atoms with Crippen LogP contribution >= 0.6 is 12.4 Å². The molecule has 2 unspecified atom stereocenters. The summed E-state index contributed by atoms with van der Waals surface area (Å²) in [7, 11) is 3.14. The van der Waals surface area contributed by atoms with Crippen molar-refractivity contribution in [2.24, 2.45) is 0 Å². The molecule has 0 spiro atoms. The standard InChI is InChI=1S/C18H28N2O5.ClH/c1-6-9-20(11-17(21)22)13(3)18(23)19-12(2)15-10-14(24-4)7-8-16(15)25-5;/h7-8,10,12-13H,6,9,11H2,1-5H3,(H,19,23)(H,21,22);1H. The molecule has 1 rings (SSSR count). The molecule has 8 heteroatoms. The van der Waals surface area contributed by atoms with Crippen molar-refractivity contribution in [3.63, 3.8) is 0 Å². The van der Waals surface area contributed by atoms with Gasteiger partial charge in [-0.1, -0.05) is 6.92 Å². The number of carbonyl (C=O) groups is 2. The number of hydrogen-bond donors (Lipinski definition) is 2. The van der Waals surface area contributed by atoms with Crippen LogP contribution in [0.15, 0.2) is 18.2 Å². The summed E-state index contributed by atoms with van der Waals surface area (Å²) in [4.78, 5) is 25.2. The lowest BCUT2D eigenvalue weighted by Crippen LogP contribution is -2.47. The van der Waals surface area contributed by atoms with E-state index in [4.69, 9.17) is 14.6 Å². The van der Waals surface area contributed by atoms with Gasteiger partial charge in [-0.2, -0.15) is 0 Å². The van der Waals surface area contributed by atoms with E-state index in [0.717, 1.165) is 12.0 Å². The molecule has 0 fully saturated rings. The summed E-state index contributed by atoms with van der Waals surface area (Å²) in [5.74, 6) is 0.142. The average molecular weight is 389 g/mol. The number of hydrogen-bond acceptors (Lipinski definition) is 5. The summed E-state index contributed by atoms with van der Waals surface area (Å²) >= 11 is 0. The lowest BCUT2D eigenvalue weighted by Gasteiger charge is -2.28. The summed E-state index contributed by atoms with van der Waals surface area (Å²) < 4.78 is 10.6. The van der Waals surface area contributed by atoms with E-state index in [0.29, 0.717) is 18.0 Å². The molecule has 0 aliphatic rings. The van der Waals surface area contributed by atoms with Gasteiger partial charge in [-0.05, 0) is 45.0 Å². The fourth-order valence-electron chi connectivity index (χ4n) is 2.63. The highest BCUT2D eigenvalue weighted by Crippen LogP contribution is 2.29. The van der Waals surface area contributed by atoms with Crippen LogP contribution in [0.5, 0.6) is 11.5 Å². The summed E-state index contributed by atoms with van der Waals surface area (Å²) in [6.07, 6.45) is 0.768. The molecule has 0 saturated carbocycles. The second kappa shape index (κ2) is 11.6. The van der Waals surface area contributed by atoms with Crippen LogP contribution in [-0.2, 0) is 9.59 Å². The normalized spacial score (nSPS) is 12.7. The molecule has 0 radical (unpaired) electrons. The lowest BCUT2D eigenvalue weighted by atomic mass is 10.1. The molecule has 1 aromatic rings. The van der Waals surface area contributed by atoms with E-state index >= 15 is 0 Å². The molecular formula is C18H29ClN2O5. The molecule has 1 amide bonds. The number of rotatable bonds is 10. The minimum absolute atomic E-state index is 0. The maximum absolute atomic E-state index is 12.6. The third kappa shape index (κ3) is 6.72. The second-order valence-electron chi connectivity index (χ2n) is 5.88.